The predicted molar refractivity (Wildman–Crippen MR) is 74.6 cm³/mol. The van der Waals surface area contributed by atoms with Crippen LogP contribution < -0.4 is 10.6 Å². The van der Waals surface area contributed by atoms with Crippen LogP contribution in [0.4, 0.5) is 10.1 Å². The van der Waals surface area contributed by atoms with Gasteiger partial charge in [-0.15, -0.1) is 0 Å². The first kappa shape index (κ1) is 14.3. The van der Waals surface area contributed by atoms with Gasteiger partial charge >= 0.3 is 0 Å². The Morgan fingerprint density at radius 1 is 1.42 bits per heavy atom. The van der Waals surface area contributed by atoms with Crippen LogP contribution in [0.3, 0.4) is 0 Å². The van der Waals surface area contributed by atoms with E-state index in [-0.39, 0.29) is 24.3 Å². The summed E-state index contributed by atoms with van der Waals surface area (Å²) >= 11 is 3.10. The van der Waals surface area contributed by atoms with Gasteiger partial charge in [0.25, 0.3) is 0 Å². The maximum absolute atomic E-state index is 13.0. The van der Waals surface area contributed by atoms with E-state index in [4.69, 9.17) is 4.74 Å². The van der Waals surface area contributed by atoms with Crippen molar-refractivity contribution in [1.29, 1.82) is 0 Å². The summed E-state index contributed by atoms with van der Waals surface area (Å²) in [5, 5.41) is 5.91. The quantitative estimate of drug-likeness (QED) is 0.890. The number of carbonyl (C=O) groups excluding carboxylic acids is 1. The highest BCUT2D eigenvalue weighted by molar-refractivity contribution is 9.10. The summed E-state index contributed by atoms with van der Waals surface area (Å²) in [7, 11) is 0. The number of benzene rings is 1. The summed E-state index contributed by atoms with van der Waals surface area (Å²) in [4.78, 5) is 11.7. The topological polar surface area (TPSA) is 50.4 Å². The Balaban J connectivity index is 1.77. The summed E-state index contributed by atoms with van der Waals surface area (Å²) in [5.74, 6) is -0.385. The van der Waals surface area contributed by atoms with Gasteiger partial charge in [0.1, 0.15) is 5.82 Å². The fourth-order valence-electron chi connectivity index (χ4n) is 1.91. The first-order chi connectivity index (χ1) is 9.15. The molecule has 1 aliphatic heterocycles. The highest BCUT2D eigenvalue weighted by Crippen LogP contribution is 2.19. The Morgan fingerprint density at radius 2 is 2.16 bits per heavy atom. The zero-order valence-corrected chi connectivity index (χ0v) is 12.0. The van der Waals surface area contributed by atoms with E-state index in [0.717, 1.165) is 12.8 Å². The number of carbonyl (C=O) groups is 1. The van der Waals surface area contributed by atoms with Crippen LogP contribution in [0.25, 0.3) is 0 Å². The van der Waals surface area contributed by atoms with E-state index in [0.29, 0.717) is 23.4 Å². The molecule has 104 valence electrons. The van der Waals surface area contributed by atoms with Crippen LogP contribution in [-0.4, -0.2) is 31.7 Å². The highest BCUT2D eigenvalue weighted by atomic mass is 79.9. The van der Waals surface area contributed by atoms with Gasteiger partial charge in [-0.1, -0.05) is 0 Å². The molecule has 2 rings (SSSR count). The van der Waals surface area contributed by atoms with Gasteiger partial charge in [-0.3, -0.25) is 4.79 Å². The van der Waals surface area contributed by atoms with Gasteiger partial charge in [0.15, 0.2) is 0 Å². The molecule has 6 heteroatoms. The molecule has 0 radical (unpaired) electrons. The summed E-state index contributed by atoms with van der Waals surface area (Å²) in [6, 6.07) is 4.75. The number of amides is 1. The molecule has 0 aliphatic carbocycles. The summed E-state index contributed by atoms with van der Waals surface area (Å²) in [5.41, 5.74) is 0.704. The van der Waals surface area contributed by atoms with Crippen LogP contribution >= 0.6 is 15.9 Å². The van der Waals surface area contributed by atoms with Crippen molar-refractivity contribution in [2.75, 3.05) is 25.1 Å². The Bertz CT molecular complexity index is 450. The standard InChI is InChI=1S/C13H16BrFN2O2/c14-11-7-10(1-2-12(11)15)16-8-13(18)17-9-3-5-19-6-4-9/h1-2,7,9,16H,3-6,8H2,(H,17,18). The molecule has 0 aromatic heterocycles. The van der Waals surface area contributed by atoms with E-state index >= 15 is 0 Å². The Kier molecular flexibility index (Phi) is 5.15. The largest absolute Gasteiger partial charge is 0.381 e. The Morgan fingerprint density at radius 3 is 2.84 bits per heavy atom. The second-order valence-electron chi connectivity index (χ2n) is 4.44. The van der Waals surface area contributed by atoms with Gasteiger partial charge in [-0.2, -0.15) is 0 Å². The van der Waals surface area contributed by atoms with Crippen LogP contribution in [0.1, 0.15) is 12.8 Å². The van der Waals surface area contributed by atoms with Gasteiger partial charge in [0.2, 0.25) is 5.91 Å². The molecule has 0 atom stereocenters. The number of halogens is 2. The SMILES string of the molecule is O=C(CNc1ccc(F)c(Br)c1)NC1CCOCC1. The van der Waals surface area contributed by atoms with Crippen molar-refractivity contribution in [3.05, 3.63) is 28.5 Å². The lowest BCUT2D eigenvalue weighted by Gasteiger charge is -2.23. The predicted octanol–water partition coefficient (Wildman–Crippen LogP) is 2.30. The molecule has 1 heterocycles. The molecular formula is C13H16BrFN2O2. The minimum atomic E-state index is -0.322. The number of anilines is 1. The van der Waals surface area contributed by atoms with Gasteiger partial charge < -0.3 is 15.4 Å². The molecule has 1 aromatic carbocycles. The molecule has 19 heavy (non-hydrogen) atoms. The van der Waals surface area contributed by atoms with Gasteiger partial charge in [0, 0.05) is 24.9 Å². The fourth-order valence-corrected chi connectivity index (χ4v) is 2.29. The van der Waals surface area contributed by atoms with Crippen LogP contribution in [0.5, 0.6) is 0 Å². The average Bonchev–Trinajstić information content (AvgIpc) is 2.41. The minimum absolute atomic E-state index is 0.0626. The van der Waals surface area contributed by atoms with Crippen molar-refractivity contribution in [1.82, 2.24) is 5.32 Å². The lowest BCUT2D eigenvalue weighted by atomic mass is 10.1. The van der Waals surface area contributed by atoms with Crippen LogP contribution in [0.15, 0.2) is 22.7 Å². The third-order valence-corrected chi connectivity index (χ3v) is 3.57. The van der Waals surface area contributed by atoms with Crippen molar-refractivity contribution in [3.8, 4) is 0 Å². The Hall–Kier alpha value is -1.14. The maximum Gasteiger partial charge on any atom is 0.239 e. The van der Waals surface area contributed by atoms with Gasteiger partial charge in [-0.05, 0) is 47.0 Å². The van der Waals surface area contributed by atoms with Crippen LogP contribution in [0, 0.1) is 5.82 Å². The van der Waals surface area contributed by atoms with E-state index in [9.17, 15) is 9.18 Å². The smallest absolute Gasteiger partial charge is 0.239 e. The maximum atomic E-state index is 13.0. The fraction of sp³-hybridized carbons (Fsp3) is 0.462. The minimum Gasteiger partial charge on any atom is -0.381 e. The van der Waals surface area contributed by atoms with Gasteiger partial charge in [-0.25, -0.2) is 4.39 Å². The molecule has 2 N–H and O–H groups in total. The molecule has 1 aromatic rings. The summed E-state index contributed by atoms with van der Waals surface area (Å²) < 4.78 is 18.6. The molecule has 0 unspecified atom stereocenters. The van der Waals surface area contributed by atoms with E-state index in [1.807, 2.05) is 0 Å². The first-order valence-electron chi connectivity index (χ1n) is 6.21. The third kappa shape index (κ3) is 4.47. The number of hydrogen-bond donors (Lipinski definition) is 2. The van der Waals surface area contributed by atoms with Crippen molar-refractivity contribution in [2.45, 2.75) is 18.9 Å². The second-order valence-corrected chi connectivity index (χ2v) is 5.29. The lowest BCUT2D eigenvalue weighted by molar-refractivity contribution is -0.120. The zero-order chi connectivity index (χ0) is 13.7. The molecule has 4 nitrogen and oxygen atoms in total. The lowest BCUT2D eigenvalue weighted by Crippen LogP contribution is -2.41. The Labute approximate surface area is 119 Å². The summed E-state index contributed by atoms with van der Waals surface area (Å²) in [6.07, 6.45) is 1.71. The number of rotatable bonds is 4. The molecule has 1 amide bonds. The molecule has 0 saturated carbocycles. The zero-order valence-electron chi connectivity index (χ0n) is 10.4. The van der Waals surface area contributed by atoms with Gasteiger partial charge in [0.05, 0.1) is 11.0 Å². The molecule has 1 saturated heterocycles. The normalized spacial score (nSPS) is 16.1. The van der Waals surface area contributed by atoms with Crippen molar-refractivity contribution in [2.24, 2.45) is 0 Å². The van der Waals surface area contributed by atoms with Crippen LogP contribution in [0.2, 0.25) is 0 Å². The molecule has 0 spiro atoms. The average molecular weight is 331 g/mol. The highest BCUT2D eigenvalue weighted by Gasteiger charge is 2.15. The first-order valence-corrected chi connectivity index (χ1v) is 7.00. The molecule has 1 fully saturated rings. The van der Waals surface area contributed by atoms with Crippen molar-refractivity contribution >= 4 is 27.5 Å². The van der Waals surface area contributed by atoms with E-state index < -0.39 is 0 Å². The number of ether oxygens (including phenoxy) is 1. The monoisotopic (exact) mass is 330 g/mol. The number of nitrogens with one attached hydrogen (secondary N) is 2. The molecule has 1 aliphatic rings. The van der Waals surface area contributed by atoms with Crippen LogP contribution in [-0.2, 0) is 9.53 Å². The third-order valence-electron chi connectivity index (χ3n) is 2.96. The second kappa shape index (κ2) is 6.86. The van der Waals surface area contributed by atoms with E-state index in [1.165, 1.54) is 6.07 Å². The van der Waals surface area contributed by atoms with E-state index in [1.54, 1.807) is 12.1 Å². The van der Waals surface area contributed by atoms with E-state index in [2.05, 4.69) is 26.6 Å². The molecular weight excluding hydrogens is 315 g/mol. The summed E-state index contributed by atoms with van der Waals surface area (Å²) in [6.45, 7) is 1.57. The van der Waals surface area contributed by atoms with Crippen molar-refractivity contribution in [3.63, 3.8) is 0 Å². The molecule has 0 bridgehead atoms. The number of hydrogen-bond acceptors (Lipinski definition) is 3. The van der Waals surface area contributed by atoms with Crippen molar-refractivity contribution < 1.29 is 13.9 Å².